The Balaban J connectivity index is 1.58. The molecule has 1 atom stereocenters. The van der Waals surface area contributed by atoms with Gasteiger partial charge in [0.2, 0.25) is 10.0 Å². The molecule has 8 nitrogen and oxygen atoms in total. The molecule has 0 spiro atoms. The number of hydrogen-bond donors (Lipinski definition) is 2. The Morgan fingerprint density at radius 3 is 2.59 bits per heavy atom. The number of hydrogen-bond acceptors (Lipinski definition) is 5. The highest BCUT2D eigenvalue weighted by atomic mass is 32.2. The van der Waals surface area contributed by atoms with Crippen molar-refractivity contribution >= 4 is 21.8 Å². The molecular weight excluding hydrogens is 430 g/mol. The van der Waals surface area contributed by atoms with Gasteiger partial charge in [0.05, 0.1) is 12.0 Å². The van der Waals surface area contributed by atoms with Gasteiger partial charge in [-0.2, -0.15) is 4.31 Å². The zero-order valence-corrected chi connectivity index (χ0v) is 19.4. The molecule has 0 aliphatic carbocycles. The molecule has 172 valence electrons. The average Bonchev–Trinajstić information content (AvgIpc) is 3.27. The summed E-state index contributed by atoms with van der Waals surface area (Å²) in [6.45, 7) is 4.27. The number of aryl methyl sites for hydroxylation is 2. The zero-order valence-electron chi connectivity index (χ0n) is 18.6. The highest BCUT2D eigenvalue weighted by Gasteiger charge is 2.36. The van der Waals surface area contributed by atoms with Crippen molar-refractivity contribution in [2.45, 2.75) is 44.2 Å². The fourth-order valence-corrected chi connectivity index (χ4v) is 5.78. The van der Waals surface area contributed by atoms with Crippen LogP contribution in [0.15, 0.2) is 47.4 Å². The van der Waals surface area contributed by atoms with Crippen LogP contribution in [0.2, 0.25) is 0 Å². The van der Waals surface area contributed by atoms with Crippen molar-refractivity contribution in [3.8, 4) is 5.75 Å². The third kappa shape index (κ3) is 5.46. The van der Waals surface area contributed by atoms with Crippen molar-refractivity contribution < 1.29 is 22.7 Å². The van der Waals surface area contributed by atoms with Crippen molar-refractivity contribution in [1.29, 1.82) is 0 Å². The van der Waals surface area contributed by atoms with Gasteiger partial charge in [-0.25, -0.2) is 8.42 Å². The molecule has 2 N–H and O–H groups in total. The van der Waals surface area contributed by atoms with E-state index in [1.165, 1.54) is 4.31 Å². The van der Waals surface area contributed by atoms with Crippen molar-refractivity contribution in [2.75, 3.05) is 20.2 Å². The summed E-state index contributed by atoms with van der Waals surface area (Å²) in [5.41, 5.74) is 2.35. The Labute approximate surface area is 189 Å². The maximum absolute atomic E-state index is 13.2. The lowest BCUT2D eigenvalue weighted by Gasteiger charge is -2.25. The first-order chi connectivity index (χ1) is 15.2. The molecule has 0 radical (unpaired) electrons. The lowest BCUT2D eigenvalue weighted by Crippen LogP contribution is -2.46. The van der Waals surface area contributed by atoms with E-state index in [1.54, 1.807) is 44.4 Å². The molecule has 1 aliphatic rings. The number of benzene rings is 2. The second-order valence-corrected chi connectivity index (χ2v) is 9.78. The molecule has 1 saturated heterocycles. The summed E-state index contributed by atoms with van der Waals surface area (Å²) in [5.74, 6) is -0.897. The van der Waals surface area contributed by atoms with Crippen LogP contribution < -0.4 is 15.4 Å². The molecule has 32 heavy (non-hydrogen) atoms. The Hall–Kier alpha value is -2.91. The fraction of sp³-hybridized carbons (Fsp3) is 0.391. The van der Waals surface area contributed by atoms with E-state index in [-0.39, 0.29) is 18.0 Å². The van der Waals surface area contributed by atoms with Gasteiger partial charge in [-0.05, 0) is 61.6 Å². The lowest BCUT2D eigenvalue weighted by molar-refractivity contribution is -0.139. The van der Waals surface area contributed by atoms with Gasteiger partial charge in [0.25, 0.3) is 0 Å². The molecule has 1 aliphatic heterocycles. The Morgan fingerprint density at radius 1 is 1.09 bits per heavy atom. The number of ether oxygens (including phenoxy) is 1. The topological polar surface area (TPSA) is 105 Å². The first-order valence-electron chi connectivity index (χ1n) is 10.5. The van der Waals surface area contributed by atoms with Crippen molar-refractivity contribution in [1.82, 2.24) is 14.9 Å². The van der Waals surface area contributed by atoms with Gasteiger partial charge in [-0.1, -0.05) is 24.3 Å². The summed E-state index contributed by atoms with van der Waals surface area (Å²) < 4.78 is 33.0. The first kappa shape index (κ1) is 23.7. The predicted molar refractivity (Wildman–Crippen MR) is 121 cm³/mol. The van der Waals surface area contributed by atoms with Crippen LogP contribution in [0.4, 0.5) is 0 Å². The molecule has 3 rings (SSSR count). The Kier molecular flexibility index (Phi) is 7.52. The normalized spacial score (nSPS) is 16.5. The number of rotatable bonds is 7. The van der Waals surface area contributed by atoms with Gasteiger partial charge >= 0.3 is 11.8 Å². The summed E-state index contributed by atoms with van der Waals surface area (Å²) in [5, 5.41) is 5.15. The molecular formula is C23H29N3O5S. The number of nitrogens with one attached hydrogen (secondary N) is 2. The number of carbonyl (C=O) groups is 2. The quantitative estimate of drug-likeness (QED) is 0.616. The Bertz CT molecular complexity index is 1100. The van der Waals surface area contributed by atoms with Crippen LogP contribution in [-0.4, -0.2) is 50.8 Å². The highest BCUT2D eigenvalue weighted by Crippen LogP contribution is 2.28. The maximum atomic E-state index is 13.2. The van der Waals surface area contributed by atoms with Crippen molar-refractivity contribution in [3.05, 3.63) is 59.2 Å². The second kappa shape index (κ2) is 10.1. The maximum Gasteiger partial charge on any atom is 0.309 e. The number of nitrogens with zero attached hydrogens (tertiary/aromatic N) is 1. The van der Waals surface area contributed by atoms with Gasteiger partial charge in [-0.3, -0.25) is 9.59 Å². The van der Waals surface area contributed by atoms with E-state index >= 15 is 0 Å². The van der Waals surface area contributed by atoms with E-state index in [9.17, 15) is 18.0 Å². The van der Waals surface area contributed by atoms with E-state index in [2.05, 4.69) is 10.6 Å². The van der Waals surface area contributed by atoms with Crippen LogP contribution in [0.25, 0.3) is 0 Å². The standard InChI is InChI=1S/C23H29N3O5S/c1-16-9-10-17(2)21(12-16)32(29,30)26-11-5-7-19(26)15-25-23(28)22(27)24-14-18-6-4-8-20(13-18)31-3/h4,6,8-10,12-13,19H,5,7,11,14-15H2,1-3H3,(H,24,27)(H,25,28)/t19-/m0/s1. The largest absolute Gasteiger partial charge is 0.497 e. The number of sulfonamides is 1. The van der Waals surface area contributed by atoms with Crippen LogP contribution in [0.1, 0.15) is 29.5 Å². The van der Waals surface area contributed by atoms with Gasteiger partial charge in [0.15, 0.2) is 0 Å². The molecule has 0 bridgehead atoms. The second-order valence-electron chi connectivity index (χ2n) is 7.92. The van der Waals surface area contributed by atoms with E-state index in [0.717, 1.165) is 11.1 Å². The molecule has 1 fully saturated rings. The number of amides is 2. The SMILES string of the molecule is COc1cccc(CNC(=O)C(=O)NC[C@@H]2CCCN2S(=O)(=O)c2cc(C)ccc2C)c1. The smallest absolute Gasteiger partial charge is 0.309 e. The minimum Gasteiger partial charge on any atom is -0.497 e. The van der Waals surface area contributed by atoms with Gasteiger partial charge in [0.1, 0.15) is 5.75 Å². The molecule has 0 aromatic heterocycles. The molecule has 0 unspecified atom stereocenters. The summed E-state index contributed by atoms with van der Waals surface area (Å²) >= 11 is 0. The van der Waals surface area contributed by atoms with Crippen molar-refractivity contribution in [3.63, 3.8) is 0 Å². The van der Waals surface area contributed by atoms with Crippen LogP contribution in [0, 0.1) is 13.8 Å². The molecule has 0 saturated carbocycles. The monoisotopic (exact) mass is 459 g/mol. The van der Waals surface area contributed by atoms with Crippen molar-refractivity contribution in [2.24, 2.45) is 0 Å². The van der Waals surface area contributed by atoms with E-state index in [1.807, 2.05) is 19.1 Å². The minimum absolute atomic E-state index is 0.0789. The van der Waals surface area contributed by atoms with Crippen LogP contribution in [-0.2, 0) is 26.2 Å². The third-order valence-electron chi connectivity index (χ3n) is 5.55. The summed E-state index contributed by atoms with van der Waals surface area (Å²) in [6, 6.07) is 12.1. The summed E-state index contributed by atoms with van der Waals surface area (Å²) in [7, 11) is -2.14. The molecule has 9 heteroatoms. The zero-order chi connectivity index (χ0) is 23.3. The summed E-state index contributed by atoms with van der Waals surface area (Å²) in [6.07, 6.45) is 1.32. The van der Waals surface area contributed by atoms with E-state index < -0.39 is 27.9 Å². The molecule has 1 heterocycles. The Morgan fingerprint density at radius 2 is 1.84 bits per heavy atom. The molecule has 2 aromatic carbocycles. The molecule has 2 amide bonds. The first-order valence-corrected chi connectivity index (χ1v) is 11.9. The van der Waals surface area contributed by atoms with E-state index in [4.69, 9.17) is 4.74 Å². The van der Waals surface area contributed by atoms with Crippen LogP contribution in [0.5, 0.6) is 5.75 Å². The van der Waals surface area contributed by atoms with Gasteiger partial charge < -0.3 is 15.4 Å². The fourth-order valence-electron chi connectivity index (χ4n) is 3.78. The van der Waals surface area contributed by atoms with Gasteiger partial charge in [0, 0.05) is 25.7 Å². The van der Waals surface area contributed by atoms with Crippen LogP contribution >= 0.6 is 0 Å². The lowest BCUT2D eigenvalue weighted by atomic mass is 10.2. The average molecular weight is 460 g/mol. The highest BCUT2D eigenvalue weighted by molar-refractivity contribution is 7.89. The minimum atomic E-state index is -3.69. The van der Waals surface area contributed by atoms with Gasteiger partial charge in [-0.15, -0.1) is 0 Å². The van der Waals surface area contributed by atoms with Crippen LogP contribution in [0.3, 0.4) is 0 Å². The number of methoxy groups -OCH3 is 1. The summed E-state index contributed by atoms with van der Waals surface area (Å²) in [4.78, 5) is 24.7. The molecule has 2 aromatic rings. The third-order valence-corrected chi connectivity index (χ3v) is 7.64. The number of carbonyl (C=O) groups excluding carboxylic acids is 2. The van der Waals surface area contributed by atoms with E-state index in [0.29, 0.717) is 30.7 Å². The predicted octanol–water partition coefficient (Wildman–Crippen LogP) is 1.90.